The minimum absolute atomic E-state index is 0.0488. The van der Waals surface area contributed by atoms with Crippen LogP contribution in [0.25, 0.3) is 0 Å². The van der Waals surface area contributed by atoms with E-state index in [-0.39, 0.29) is 26.1 Å². The van der Waals surface area contributed by atoms with Crippen LogP contribution in [0.1, 0.15) is 142 Å². The fourth-order valence-corrected chi connectivity index (χ4v) is 5.64. The standard InChI is InChI=1S/C44H76NO8P/c1-6-8-10-12-14-16-18-19-20-21-22-23-24-25-27-29-31-33-35-37-44(47)53-42(41-52-54(48,49)51-39-38-45(3,4)5)40-50-43(46)36-34-32-30-28-26-17-15-13-11-9-7-2/h13-16,19-20,22-23,25,27,31,33,42H,6-12,17-18,21,24,26,28-30,32,34-41H2,1-5H3/b15-13+,16-14+,20-19+,23-22+,27-25+,33-31+/t42-/m1/s1. The highest BCUT2D eigenvalue weighted by atomic mass is 31.2. The normalized spacial score (nSPS) is 14.4. The Balaban J connectivity index is 4.55. The summed E-state index contributed by atoms with van der Waals surface area (Å²) in [4.78, 5) is 37.4. The largest absolute Gasteiger partial charge is 0.756 e. The van der Waals surface area contributed by atoms with Crippen LogP contribution in [0.15, 0.2) is 72.9 Å². The van der Waals surface area contributed by atoms with Crippen LogP contribution in [0.3, 0.4) is 0 Å². The summed E-state index contributed by atoms with van der Waals surface area (Å²) in [5, 5.41) is 0. The molecule has 0 aliphatic rings. The molecule has 2 atom stereocenters. The molecule has 0 rings (SSSR count). The van der Waals surface area contributed by atoms with Gasteiger partial charge in [0.2, 0.25) is 0 Å². The molecule has 0 radical (unpaired) electrons. The van der Waals surface area contributed by atoms with Crippen LogP contribution in [0.4, 0.5) is 0 Å². The highest BCUT2D eigenvalue weighted by molar-refractivity contribution is 7.45. The molecule has 54 heavy (non-hydrogen) atoms. The zero-order chi connectivity index (χ0) is 40.0. The third kappa shape index (κ3) is 39.2. The van der Waals surface area contributed by atoms with Gasteiger partial charge in [-0.25, -0.2) is 0 Å². The van der Waals surface area contributed by atoms with E-state index >= 15 is 0 Å². The Labute approximate surface area is 329 Å². The van der Waals surface area contributed by atoms with Crippen molar-refractivity contribution < 1.29 is 42.1 Å². The fourth-order valence-electron chi connectivity index (χ4n) is 4.91. The molecule has 0 N–H and O–H groups in total. The second-order valence-electron chi connectivity index (χ2n) is 14.6. The van der Waals surface area contributed by atoms with E-state index in [4.69, 9.17) is 18.5 Å². The average molecular weight is 778 g/mol. The SMILES string of the molecule is CCCC/C=C/CCCCCCCC(=O)OC[C@H](COP(=O)([O-])OCC[N+](C)(C)C)OC(=O)CC/C=C/C/C=C/C/C=C/C/C=C/C/C=C/CCCCC. The van der Waals surface area contributed by atoms with Gasteiger partial charge in [-0.3, -0.25) is 14.2 Å². The van der Waals surface area contributed by atoms with Crippen LogP contribution >= 0.6 is 7.82 Å². The van der Waals surface area contributed by atoms with Gasteiger partial charge in [0.05, 0.1) is 27.7 Å². The number of unbranched alkanes of at least 4 members (excludes halogenated alkanes) is 10. The Bertz CT molecular complexity index is 1150. The molecule has 0 bridgehead atoms. The summed E-state index contributed by atoms with van der Waals surface area (Å²) in [5.74, 6) is -0.951. The molecular weight excluding hydrogens is 701 g/mol. The number of hydrogen-bond donors (Lipinski definition) is 0. The summed E-state index contributed by atoms with van der Waals surface area (Å²) >= 11 is 0. The molecule has 0 aromatic rings. The summed E-state index contributed by atoms with van der Waals surface area (Å²) < 4.78 is 33.7. The van der Waals surface area contributed by atoms with Crippen molar-refractivity contribution in [2.75, 3.05) is 47.5 Å². The number of carbonyl (C=O) groups is 2. The predicted octanol–water partition coefficient (Wildman–Crippen LogP) is 10.8. The summed E-state index contributed by atoms with van der Waals surface area (Å²) in [6, 6.07) is 0. The van der Waals surface area contributed by atoms with Gasteiger partial charge in [-0.05, 0) is 70.6 Å². The first-order valence-corrected chi connectivity index (χ1v) is 22.1. The lowest BCUT2D eigenvalue weighted by Gasteiger charge is -2.28. The van der Waals surface area contributed by atoms with E-state index < -0.39 is 32.5 Å². The van der Waals surface area contributed by atoms with Crippen molar-refractivity contribution >= 4 is 19.8 Å². The molecule has 9 nitrogen and oxygen atoms in total. The molecule has 0 saturated carbocycles. The van der Waals surface area contributed by atoms with Gasteiger partial charge in [-0.1, -0.05) is 132 Å². The Morgan fingerprint density at radius 1 is 0.574 bits per heavy atom. The van der Waals surface area contributed by atoms with E-state index in [1.807, 2.05) is 33.3 Å². The Hall–Kier alpha value is -2.55. The molecule has 0 aliphatic heterocycles. The molecule has 1 unspecified atom stereocenters. The first kappa shape index (κ1) is 51.5. The summed E-state index contributed by atoms with van der Waals surface area (Å²) in [5.41, 5.74) is 0. The maximum absolute atomic E-state index is 12.6. The highest BCUT2D eigenvalue weighted by Gasteiger charge is 2.21. The number of ether oxygens (including phenoxy) is 2. The average Bonchev–Trinajstić information content (AvgIpc) is 3.12. The lowest BCUT2D eigenvalue weighted by Crippen LogP contribution is -2.37. The van der Waals surface area contributed by atoms with Gasteiger partial charge in [0.15, 0.2) is 6.10 Å². The second kappa shape index (κ2) is 36.1. The van der Waals surface area contributed by atoms with Crippen molar-refractivity contribution in [2.24, 2.45) is 0 Å². The van der Waals surface area contributed by atoms with E-state index in [2.05, 4.69) is 74.6 Å². The maximum atomic E-state index is 12.6. The van der Waals surface area contributed by atoms with Gasteiger partial charge < -0.3 is 27.9 Å². The first-order valence-electron chi connectivity index (χ1n) is 20.6. The number of phosphoric ester groups is 1. The number of quaternary nitrogens is 1. The number of hydrogen-bond acceptors (Lipinski definition) is 8. The van der Waals surface area contributed by atoms with Crippen molar-refractivity contribution in [3.05, 3.63) is 72.9 Å². The molecule has 0 spiro atoms. The Morgan fingerprint density at radius 2 is 1.06 bits per heavy atom. The van der Waals surface area contributed by atoms with Crippen LogP contribution in [0, 0.1) is 0 Å². The van der Waals surface area contributed by atoms with E-state index in [0.717, 1.165) is 64.2 Å². The topological polar surface area (TPSA) is 111 Å². The van der Waals surface area contributed by atoms with E-state index in [1.165, 1.54) is 38.5 Å². The molecule has 0 aromatic carbocycles. The zero-order valence-electron chi connectivity index (χ0n) is 34.6. The predicted molar refractivity (Wildman–Crippen MR) is 222 cm³/mol. The first-order chi connectivity index (χ1) is 26.0. The second-order valence-corrected chi connectivity index (χ2v) is 16.1. The highest BCUT2D eigenvalue weighted by Crippen LogP contribution is 2.38. The van der Waals surface area contributed by atoms with Gasteiger partial charge in [0.1, 0.15) is 19.8 Å². The summed E-state index contributed by atoms with van der Waals surface area (Å²) in [7, 11) is 1.10. The number of carbonyl (C=O) groups excluding carboxylic acids is 2. The lowest BCUT2D eigenvalue weighted by molar-refractivity contribution is -0.870. The van der Waals surface area contributed by atoms with Crippen molar-refractivity contribution in [3.8, 4) is 0 Å². The number of esters is 2. The third-order valence-electron chi connectivity index (χ3n) is 8.21. The molecule has 0 saturated heterocycles. The van der Waals surface area contributed by atoms with Crippen LogP contribution in [0.5, 0.6) is 0 Å². The molecule has 0 amide bonds. The molecule has 310 valence electrons. The lowest BCUT2D eigenvalue weighted by atomic mass is 10.1. The number of phosphoric acid groups is 1. The maximum Gasteiger partial charge on any atom is 0.306 e. The van der Waals surface area contributed by atoms with Gasteiger partial charge in [0, 0.05) is 12.8 Å². The van der Waals surface area contributed by atoms with E-state index in [0.29, 0.717) is 23.9 Å². The number of rotatable bonds is 36. The molecule has 0 aliphatic carbocycles. The monoisotopic (exact) mass is 778 g/mol. The van der Waals surface area contributed by atoms with Gasteiger partial charge >= 0.3 is 11.9 Å². The number of allylic oxidation sites excluding steroid dienone is 12. The minimum atomic E-state index is -4.64. The van der Waals surface area contributed by atoms with Crippen molar-refractivity contribution in [1.29, 1.82) is 0 Å². The quantitative estimate of drug-likeness (QED) is 0.0203. The fraction of sp³-hybridized carbons (Fsp3) is 0.682. The molecular formula is C44H76NO8P. The van der Waals surface area contributed by atoms with E-state index in [1.54, 1.807) is 0 Å². The smallest absolute Gasteiger partial charge is 0.306 e. The molecule has 0 heterocycles. The zero-order valence-corrected chi connectivity index (χ0v) is 35.5. The van der Waals surface area contributed by atoms with E-state index in [9.17, 15) is 19.0 Å². The molecule has 0 fully saturated rings. The number of likely N-dealkylation sites (N-methyl/N-ethyl adjacent to an activating group) is 1. The van der Waals surface area contributed by atoms with Crippen LogP contribution in [-0.2, 0) is 32.7 Å². The molecule has 0 aromatic heterocycles. The number of nitrogens with zero attached hydrogens (tertiary/aromatic N) is 1. The summed E-state index contributed by atoms with van der Waals surface area (Å²) in [6.07, 6.45) is 43.8. The Morgan fingerprint density at radius 3 is 1.63 bits per heavy atom. The van der Waals surface area contributed by atoms with Crippen molar-refractivity contribution in [1.82, 2.24) is 0 Å². The van der Waals surface area contributed by atoms with Gasteiger partial charge in [-0.15, -0.1) is 0 Å². The molecule has 10 heteroatoms. The van der Waals surface area contributed by atoms with Gasteiger partial charge in [0.25, 0.3) is 7.82 Å². The van der Waals surface area contributed by atoms with Crippen LogP contribution < -0.4 is 4.89 Å². The van der Waals surface area contributed by atoms with Crippen molar-refractivity contribution in [2.45, 2.75) is 148 Å². The van der Waals surface area contributed by atoms with Crippen molar-refractivity contribution in [3.63, 3.8) is 0 Å². The Kier molecular flexibility index (Phi) is 34.4. The van der Waals surface area contributed by atoms with Gasteiger partial charge in [-0.2, -0.15) is 0 Å². The van der Waals surface area contributed by atoms with Crippen LogP contribution in [-0.4, -0.2) is 70.0 Å². The summed E-state index contributed by atoms with van der Waals surface area (Å²) in [6.45, 7) is 4.03. The van der Waals surface area contributed by atoms with Crippen LogP contribution in [0.2, 0.25) is 0 Å². The minimum Gasteiger partial charge on any atom is -0.756 e. The third-order valence-corrected chi connectivity index (χ3v) is 9.18.